The van der Waals surface area contributed by atoms with Gasteiger partial charge in [0.15, 0.2) is 40.2 Å². The van der Waals surface area contributed by atoms with Crippen LogP contribution in [-0.4, -0.2) is 65.8 Å². The molecule has 72 heavy (non-hydrogen) atoms. The molecule has 0 bridgehead atoms. The Hall–Kier alpha value is -7.80. The molecule has 9 N–H and O–H groups in total. The normalized spacial score (nSPS) is 12.1. The van der Waals surface area contributed by atoms with Crippen molar-refractivity contribution in [2.75, 3.05) is 14.2 Å². The summed E-state index contributed by atoms with van der Waals surface area (Å²) in [5, 5.41) is 84.1. The van der Waals surface area contributed by atoms with Gasteiger partial charge in [0.2, 0.25) is 5.75 Å². The highest BCUT2D eigenvalue weighted by Crippen LogP contribution is 2.41. The predicted octanol–water partition coefficient (Wildman–Crippen LogP) is 13.8. The summed E-state index contributed by atoms with van der Waals surface area (Å²) in [4.78, 5) is 0. The van der Waals surface area contributed by atoms with Gasteiger partial charge in [-0.2, -0.15) is 0 Å². The minimum absolute atomic E-state index is 0.0177. The lowest BCUT2D eigenvalue weighted by Gasteiger charge is -2.16. The zero-order chi connectivity index (χ0) is 53.0. The van der Waals surface area contributed by atoms with Crippen molar-refractivity contribution in [2.45, 2.75) is 65.4 Å². The smallest absolute Gasteiger partial charge is 0.203 e. The Morgan fingerprint density at radius 2 is 1.00 bits per heavy atom. The van der Waals surface area contributed by atoms with Crippen LogP contribution in [0.15, 0.2) is 152 Å². The molecule has 0 saturated heterocycles. The highest BCUT2D eigenvalue weighted by Gasteiger charge is 2.31. The van der Waals surface area contributed by atoms with Crippen molar-refractivity contribution in [1.29, 1.82) is 0 Å². The summed E-state index contributed by atoms with van der Waals surface area (Å²) in [7, 11) is 3.01. The van der Waals surface area contributed by atoms with Crippen LogP contribution in [0.3, 0.4) is 0 Å². The molecule has 0 spiro atoms. The molecule has 8 aromatic carbocycles. The second-order valence-corrected chi connectivity index (χ2v) is 17.7. The van der Waals surface area contributed by atoms with Crippen molar-refractivity contribution in [2.24, 2.45) is 0 Å². The van der Waals surface area contributed by atoms with Gasteiger partial charge in [0.1, 0.15) is 33.6 Å². The summed E-state index contributed by atoms with van der Waals surface area (Å²) in [6, 6.07) is 43.8. The Kier molecular flexibility index (Phi) is 21.7. The number of ether oxygens (including phenoxy) is 3. The number of para-hydroxylation sites is 3. The molecule has 1 aliphatic carbocycles. The Balaban J connectivity index is 0.000000183. The summed E-state index contributed by atoms with van der Waals surface area (Å²) in [6.45, 7) is 7.93. The second-order valence-electron chi connectivity index (χ2n) is 16.9. The van der Waals surface area contributed by atoms with E-state index in [2.05, 4.69) is 6.07 Å². The number of aromatic hydroxyl groups is 9. The van der Waals surface area contributed by atoms with Crippen molar-refractivity contribution in [3.8, 4) is 69.0 Å². The zero-order valence-corrected chi connectivity index (χ0v) is 42.5. The molecule has 1 heterocycles. The molecule has 14 heteroatoms. The van der Waals surface area contributed by atoms with Gasteiger partial charge in [0, 0.05) is 17.4 Å². The maximum absolute atomic E-state index is 9.46. The van der Waals surface area contributed by atoms with Crippen LogP contribution in [0.2, 0.25) is 10.0 Å². The summed E-state index contributed by atoms with van der Waals surface area (Å²) in [5.74, 6) is 2.04. The highest BCUT2D eigenvalue weighted by atomic mass is 35.5. The number of hydrogen-bond donors (Lipinski definition) is 9. The molecule has 0 unspecified atom stereocenters. The molecule has 0 radical (unpaired) electrons. The molecule has 12 nitrogen and oxygen atoms in total. The van der Waals surface area contributed by atoms with Crippen molar-refractivity contribution >= 4 is 34.0 Å². The molecule has 2 aliphatic rings. The van der Waals surface area contributed by atoms with Crippen molar-refractivity contribution < 1.29 is 60.2 Å². The summed E-state index contributed by atoms with van der Waals surface area (Å²) in [6.07, 6.45) is 5.57. The maximum Gasteiger partial charge on any atom is 0.203 e. The molecule has 0 amide bonds. The molecule has 380 valence electrons. The van der Waals surface area contributed by atoms with Gasteiger partial charge < -0.3 is 60.2 Å². The SMILES string of the molecule is CC1(C)Cc2cccc(O)c2O1.COc1cccc(O)c1OC.Cc1cccc(O)c1C.Oc1cccc(Cl)c1Cl.Oc1cccc(O)c1O.Oc1cccc2c1CCCC2.Oc1cccc2ccccc12. The number of phenolic OH excluding ortho intramolecular Hbond substituents is 9. The fourth-order valence-electron chi connectivity index (χ4n) is 7.19. The maximum atomic E-state index is 9.46. The van der Waals surface area contributed by atoms with Gasteiger partial charge in [-0.15, -0.1) is 0 Å². The van der Waals surface area contributed by atoms with Crippen LogP contribution in [0.25, 0.3) is 10.8 Å². The average Bonchev–Trinajstić information content (AvgIpc) is 3.70. The van der Waals surface area contributed by atoms with E-state index in [1.165, 1.54) is 62.5 Å². The third kappa shape index (κ3) is 16.7. The number of rotatable bonds is 2. The van der Waals surface area contributed by atoms with E-state index in [-0.39, 0.29) is 39.4 Å². The molecule has 10 rings (SSSR count). The lowest BCUT2D eigenvalue weighted by molar-refractivity contribution is 0.134. The molecular formula is C58H62Cl2O12. The Bertz CT molecular complexity index is 2770. The molecule has 0 fully saturated rings. The number of phenols is 9. The monoisotopic (exact) mass is 1020 g/mol. The van der Waals surface area contributed by atoms with Crippen molar-refractivity contribution in [1.82, 2.24) is 0 Å². The van der Waals surface area contributed by atoms with E-state index < -0.39 is 5.75 Å². The van der Waals surface area contributed by atoms with Gasteiger partial charge in [0.05, 0.1) is 19.2 Å². The Labute approximate surface area is 430 Å². The number of methoxy groups -OCH3 is 2. The quantitative estimate of drug-likeness (QED) is 0.0741. The summed E-state index contributed by atoms with van der Waals surface area (Å²) in [5.41, 5.74) is 5.56. The largest absolute Gasteiger partial charge is 0.508 e. The standard InChI is InChI=1S/C10H12O2.C10H12O.C10H8O.C8H10O3.C8H10O.C6H4Cl2O.C6H6O3/c1-10(2)6-7-4-3-5-8(11)9(7)12-10;2*11-10-7-3-5-8-4-1-2-6-9(8)10;1-10-7-5-3-4-6(9)8(7)11-2;1-6-4-3-5-8(9)7(6)2;7-4-2-1-3-5(9)6(4)8;7-4-2-1-3-5(8)6(4)9/h3-5,11H,6H2,1-2H3;3,5,7,11H,1-2,4,6H2;1-7,11H;3-5,9H,1-2H3;3-5,9H,1-2H3;1-3,9H;1-3,7-9H. The first-order valence-corrected chi connectivity index (χ1v) is 23.5. The zero-order valence-electron chi connectivity index (χ0n) is 41.0. The van der Waals surface area contributed by atoms with Crippen LogP contribution in [0.4, 0.5) is 0 Å². The first-order chi connectivity index (χ1) is 34.3. The van der Waals surface area contributed by atoms with E-state index >= 15 is 0 Å². The van der Waals surface area contributed by atoms with Gasteiger partial charge in [-0.05, 0) is 142 Å². The topological polar surface area (TPSA) is 210 Å². The van der Waals surface area contributed by atoms with E-state index in [9.17, 15) is 20.4 Å². The number of hydrogen-bond acceptors (Lipinski definition) is 12. The lowest BCUT2D eigenvalue weighted by atomic mass is 9.91. The van der Waals surface area contributed by atoms with E-state index in [0.717, 1.165) is 46.7 Å². The first-order valence-electron chi connectivity index (χ1n) is 22.7. The van der Waals surface area contributed by atoms with E-state index in [1.807, 2.05) is 94.4 Å². The summed E-state index contributed by atoms with van der Waals surface area (Å²) >= 11 is 11.0. The fourth-order valence-corrected chi connectivity index (χ4v) is 7.48. The van der Waals surface area contributed by atoms with E-state index in [4.69, 9.17) is 62.9 Å². The van der Waals surface area contributed by atoms with Crippen LogP contribution in [0, 0.1) is 13.8 Å². The predicted molar refractivity (Wildman–Crippen MR) is 285 cm³/mol. The highest BCUT2D eigenvalue weighted by molar-refractivity contribution is 6.42. The molecule has 0 aromatic heterocycles. The number of benzene rings is 8. The third-order valence-electron chi connectivity index (χ3n) is 11.1. The number of fused-ring (bicyclic) bond motifs is 3. The summed E-state index contributed by atoms with van der Waals surface area (Å²) < 4.78 is 15.4. The van der Waals surface area contributed by atoms with Crippen LogP contribution < -0.4 is 14.2 Å². The number of aryl methyl sites for hydroxylation is 2. The van der Waals surface area contributed by atoms with Crippen LogP contribution in [0.1, 0.15) is 54.5 Å². The van der Waals surface area contributed by atoms with Crippen LogP contribution >= 0.6 is 23.2 Å². The second kappa shape index (κ2) is 27.6. The van der Waals surface area contributed by atoms with E-state index in [0.29, 0.717) is 39.5 Å². The first kappa shape index (κ1) is 56.8. The van der Waals surface area contributed by atoms with Gasteiger partial charge in [-0.1, -0.05) is 114 Å². The van der Waals surface area contributed by atoms with Gasteiger partial charge in [-0.25, -0.2) is 0 Å². The van der Waals surface area contributed by atoms with Gasteiger partial charge >= 0.3 is 0 Å². The van der Waals surface area contributed by atoms with Crippen molar-refractivity contribution in [3.63, 3.8) is 0 Å². The van der Waals surface area contributed by atoms with Crippen molar-refractivity contribution in [3.05, 3.63) is 190 Å². The molecule has 8 aromatic rings. The van der Waals surface area contributed by atoms with Crippen LogP contribution in [-0.2, 0) is 19.3 Å². The number of halogens is 2. The fraction of sp³-hybridized carbons (Fsp3) is 0.207. The van der Waals surface area contributed by atoms with Gasteiger partial charge in [-0.3, -0.25) is 0 Å². The third-order valence-corrected chi connectivity index (χ3v) is 11.9. The average molecular weight is 1020 g/mol. The lowest BCUT2D eigenvalue weighted by Crippen LogP contribution is -2.24. The molecule has 1 aliphatic heterocycles. The molecule has 0 atom stereocenters. The molecular weight excluding hydrogens is 960 g/mol. The minimum Gasteiger partial charge on any atom is -0.508 e. The van der Waals surface area contributed by atoms with Crippen LogP contribution in [0.5, 0.6) is 69.0 Å². The Morgan fingerprint density at radius 1 is 0.486 bits per heavy atom. The van der Waals surface area contributed by atoms with E-state index in [1.54, 1.807) is 54.6 Å². The molecule has 0 saturated carbocycles. The Morgan fingerprint density at radius 3 is 1.57 bits per heavy atom. The van der Waals surface area contributed by atoms with Gasteiger partial charge in [0.25, 0.3) is 0 Å². The minimum atomic E-state index is -0.475.